The van der Waals surface area contributed by atoms with Crippen LogP contribution in [0.15, 0.2) is 40.9 Å². The van der Waals surface area contributed by atoms with Gasteiger partial charge in [-0.25, -0.2) is 0 Å². The summed E-state index contributed by atoms with van der Waals surface area (Å²) in [5.41, 5.74) is 1.19. The van der Waals surface area contributed by atoms with E-state index in [0.717, 1.165) is 5.56 Å². The van der Waals surface area contributed by atoms with Crippen molar-refractivity contribution in [3.63, 3.8) is 0 Å². The van der Waals surface area contributed by atoms with Gasteiger partial charge in [0.2, 0.25) is 11.5 Å². The third-order valence-electron chi connectivity index (χ3n) is 2.48. The van der Waals surface area contributed by atoms with E-state index in [1.807, 2.05) is 51.1 Å². The minimum absolute atomic E-state index is 0.0350. The number of carbonyl (C=O) groups excluding carboxylic acids is 1. The monoisotopic (exact) mass is 229 g/mol. The molecule has 2 rings (SSSR count). The van der Waals surface area contributed by atoms with Crippen LogP contribution in [0.25, 0.3) is 11.3 Å². The molecule has 0 bridgehead atoms. The minimum atomic E-state index is -0.451. The average molecular weight is 229 g/mol. The minimum Gasteiger partial charge on any atom is -0.352 e. The molecule has 0 aliphatic carbocycles. The number of hydrogen-bond acceptors (Lipinski definition) is 3. The lowest BCUT2D eigenvalue weighted by Crippen LogP contribution is -2.19. The Hall–Kier alpha value is -1.90. The van der Waals surface area contributed by atoms with E-state index in [9.17, 15) is 4.79 Å². The lowest BCUT2D eigenvalue weighted by molar-refractivity contribution is 0.0819. The summed E-state index contributed by atoms with van der Waals surface area (Å²) in [7, 11) is 0. The Morgan fingerprint density at radius 3 is 2.41 bits per heavy atom. The summed E-state index contributed by atoms with van der Waals surface area (Å²) in [5.74, 6) is 0.281. The van der Waals surface area contributed by atoms with Crippen LogP contribution in [0.2, 0.25) is 0 Å². The second kappa shape index (κ2) is 4.17. The Labute approximate surface area is 100 Å². The highest BCUT2D eigenvalue weighted by molar-refractivity contribution is 5.98. The predicted molar refractivity (Wildman–Crippen MR) is 65.7 cm³/mol. The van der Waals surface area contributed by atoms with Crippen LogP contribution >= 0.6 is 0 Å². The van der Waals surface area contributed by atoms with Crippen LogP contribution < -0.4 is 0 Å². The first-order chi connectivity index (χ1) is 7.98. The highest BCUT2D eigenvalue weighted by Crippen LogP contribution is 2.24. The maximum Gasteiger partial charge on any atom is 0.206 e. The number of carbonyl (C=O) groups is 1. The van der Waals surface area contributed by atoms with E-state index in [4.69, 9.17) is 4.52 Å². The van der Waals surface area contributed by atoms with Gasteiger partial charge in [-0.1, -0.05) is 56.3 Å². The molecule has 0 spiro atoms. The van der Waals surface area contributed by atoms with Crippen molar-refractivity contribution in [3.05, 3.63) is 42.2 Å². The van der Waals surface area contributed by atoms with Crippen LogP contribution in [-0.2, 0) is 0 Å². The summed E-state index contributed by atoms with van der Waals surface area (Å²) >= 11 is 0. The normalized spacial score (nSPS) is 11.5. The Bertz CT molecular complexity index is 521. The quantitative estimate of drug-likeness (QED) is 0.739. The second-order valence-corrected chi connectivity index (χ2v) is 5.02. The molecule has 0 N–H and O–H groups in total. The van der Waals surface area contributed by atoms with Crippen LogP contribution in [0.3, 0.4) is 0 Å². The van der Waals surface area contributed by atoms with Crippen molar-refractivity contribution < 1.29 is 9.32 Å². The molecule has 0 atom stereocenters. The largest absolute Gasteiger partial charge is 0.352 e. The SMILES string of the molecule is CC(C)(C)C(=O)c1cc(-c2ccccc2)no1. The lowest BCUT2D eigenvalue weighted by Gasteiger charge is -2.13. The Morgan fingerprint density at radius 1 is 1.18 bits per heavy atom. The number of ketones is 1. The van der Waals surface area contributed by atoms with Gasteiger partial charge in [0.1, 0.15) is 5.69 Å². The van der Waals surface area contributed by atoms with Crippen molar-refractivity contribution in [2.45, 2.75) is 20.8 Å². The van der Waals surface area contributed by atoms with E-state index in [0.29, 0.717) is 11.5 Å². The van der Waals surface area contributed by atoms with E-state index in [1.54, 1.807) is 6.07 Å². The average Bonchev–Trinajstić information content (AvgIpc) is 2.77. The van der Waals surface area contributed by atoms with E-state index < -0.39 is 5.41 Å². The van der Waals surface area contributed by atoms with Gasteiger partial charge in [0, 0.05) is 17.0 Å². The fourth-order valence-corrected chi connectivity index (χ4v) is 1.50. The first-order valence-electron chi connectivity index (χ1n) is 5.55. The van der Waals surface area contributed by atoms with E-state index >= 15 is 0 Å². The maximum atomic E-state index is 12.0. The zero-order valence-corrected chi connectivity index (χ0v) is 10.2. The summed E-state index contributed by atoms with van der Waals surface area (Å²) < 4.78 is 5.11. The maximum absolute atomic E-state index is 12.0. The summed E-state index contributed by atoms with van der Waals surface area (Å²) in [4.78, 5) is 12.0. The van der Waals surface area contributed by atoms with Crippen molar-refractivity contribution >= 4 is 5.78 Å². The summed E-state index contributed by atoms with van der Waals surface area (Å²) in [6.07, 6.45) is 0. The number of aromatic nitrogens is 1. The van der Waals surface area contributed by atoms with Crippen molar-refractivity contribution in [1.82, 2.24) is 5.16 Å². The number of hydrogen-bond donors (Lipinski definition) is 0. The van der Waals surface area contributed by atoms with Crippen molar-refractivity contribution in [2.24, 2.45) is 5.41 Å². The molecule has 0 saturated heterocycles. The van der Waals surface area contributed by atoms with Gasteiger partial charge in [0.25, 0.3) is 0 Å². The Balaban J connectivity index is 2.32. The molecule has 17 heavy (non-hydrogen) atoms. The van der Waals surface area contributed by atoms with E-state index in [1.165, 1.54) is 0 Å². The molecule has 1 heterocycles. The van der Waals surface area contributed by atoms with Crippen molar-refractivity contribution in [3.8, 4) is 11.3 Å². The van der Waals surface area contributed by atoms with Crippen LogP contribution in [0.4, 0.5) is 0 Å². The molecule has 0 aliphatic rings. The van der Waals surface area contributed by atoms with Gasteiger partial charge in [-0.2, -0.15) is 0 Å². The van der Waals surface area contributed by atoms with Crippen LogP contribution in [0.1, 0.15) is 31.3 Å². The third-order valence-corrected chi connectivity index (χ3v) is 2.48. The Morgan fingerprint density at radius 2 is 1.82 bits per heavy atom. The standard InChI is InChI=1S/C14H15NO2/c1-14(2,3)13(16)12-9-11(15-17-12)10-7-5-4-6-8-10/h4-9H,1-3H3. The molecule has 0 aliphatic heterocycles. The highest BCUT2D eigenvalue weighted by atomic mass is 16.5. The van der Waals surface area contributed by atoms with E-state index in [-0.39, 0.29) is 5.78 Å². The zero-order chi connectivity index (χ0) is 12.5. The predicted octanol–water partition coefficient (Wildman–Crippen LogP) is 3.57. The molecule has 3 nitrogen and oxygen atoms in total. The summed E-state index contributed by atoms with van der Waals surface area (Å²) in [6.45, 7) is 5.58. The lowest BCUT2D eigenvalue weighted by atomic mass is 9.89. The number of rotatable bonds is 2. The van der Waals surface area contributed by atoms with Gasteiger partial charge >= 0.3 is 0 Å². The topological polar surface area (TPSA) is 43.1 Å². The zero-order valence-electron chi connectivity index (χ0n) is 10.2. The summed E-state index contributed by atoms with van der Waals surface area (Å²) in [5, 5.41) is 3.93. The van der Waals surface area contributed by atoms with Gasteiger partial charge in [-0.3, -0.25) is 4.79 Å². The second-order valence-electron chi connectivity index (χ2n) is 5.02. The first kappa shape index (κ1) is 11.6. The van der Waals surface area contributed by atoms with Crippen LogP contribution in [0, 0.1) is 5.41 Å². The van der Waals surface area contributed by atoms with Crippen LogP contribution in [-0.4, -0.2) is 10.9 Å². The fraction of sp³-hybridized carbons (Fsp3) is 0.286. The molecular weight excluding hydrogens is 214 g/mol. The molecule has 0 amide bonds. The fourth-order valence-electron chi connectivity index (χ4n) is 1.50. The molecule has 88 valence electrons. The van der Waals surface area contributed by atoms with Crippen molar-refractivity contribution in [2.75, 3.05) is 0 Å². The van der Waals surface area contributed by atoms with Crippen molar-refractivity contribution in [1.29, 1.82) is 0 Å². The molecule has 0 saturated carbocycles. The molecule has 0 radical (unpaired) electrons. The molecule has 3 heteroatoms. The Kier molecular flexibility index (Phi) is 2.84. The number of Topliss-reactive ketones (excluding diaryl/α,β-unsaturated/α-hetero) is 1. The highest BCUT2D eigenvalue weighted by Gasteiger charge is 2.26. The first-order valence-corrected chi connectivity index (χ1v) is 5.55. The van der Waals surface area contributed by atoms with Crippen LogP contribution in [0.5, 0.6) is 0 Å². The molecule has 2 aromatic rings. The molecule has 0 unspecified atom stereocenters. The molecule has 1 aromatic heterocycles. The van der Waals surface area contributed by atoms with Gasteiger partial charge in [-0.15, -0.1) is 0 Å². The van der Waals surface area contributed by atoms with E-state index in [2.05, 4.69) is 5.16 Å². The van der Waals surface area contributed by atoms with Gasteiger partial charge in [-0.05, 0) is 0 Å². The molecular formula is C14H15NO2. The van der Waals surface area contributed by atoms with Gasteiger partial charge in [0.05, 0.1) is 0 Å². The molecule has 0 fully saturated rings. The van der Waals surface area contributed by atoms with Gasteiger partial charge < -0.3 is 4.52 Å². The number of nitrogens with zero attached hydrogens (tertiary/aromatic N) is 1. The summed E-state index contributed by atoms with van der Waals surface area (Å²) in [6, 6.07) is 11.4. The number of benzene rings is 1. The third kappa shape index (κ3) is 2.44. The molecule has 1 aromatic carbocycles. The smallest absolute Gasteiger partial charge is 0.206 e. The van der Waals surface area contributed by atoms with Gasteiger partial charge in [0.15, 0.2) is 0 Å².